The summed E-state index contributed by atoms with van der Waals surface area (Å²) in [6, 6.07) is 4.80. The summed E-state index contributed by atoms with van der Waals surface area (Å²) in [6.45, 7) is 4.39. The average molecular weight is 239 g/mol. The second kappa shape index (κ2) is 5.15. The fourth-order valence-electron chi connectivity index (χ4n) is 2.16. The highest BCUT2D eigenvalue weighted by Crippen LogP contribution is 2.34. The van der Waals surface area contributed by atoms with Crippen LogP contribution in [0.25, 0.3) is 0 Å². The van der Waals surface area contributed by atoms with Gasteiger partial charge in [0.2, 0.25) is 0 Å². The van der Waals surface area contributed by atoms with Crippen molar-refractivity contribution in [2.24, 2.45) is 5.92 Å². The van der Waals surface area contributed by atoms with Crippen molar-refractivity contribution in [3.63, 3.8) is 0 Å². The SMILES string of the molecule is CC(CC1CC1)NC(C)c1cccnc1Cl. The first-order valence-corrected chi connectivity index (χ1v) is 6.41. The Balaban J connectivity index is 1.91. The van der Waals surface area contributed by atoms with Crippen LogP contribution in [0.5, 0.6) is 0 Å². The van der Waals surface area contributed by atoms with E-state index in [1.807, 2.05) is 12.1 Å². The number of hydrogen-bond acceptors (Lipinski definition) is 2. The number of pyridine rings is 1. The highest BCUT2D eigenvalue weighted by molar-refractivity contribution is 6.30. The van der Waals surface area contributed by atoms with Crippen molar-refractivity contribution in [1.29, 1.82) is 0 Å². The maximum absolute atomic E-state index is 6.07. The number of rotatable bonds is 5. The van der Waals surface area contributed by atoms with Gasteiger partial charge in [0.05, 0.1) is 0 Å². The molecule has 2 rings (SSSR count). The molecule has 0 bridgehead atoms. The summed E-state index contributed by atoms with van der Waals surface area (Å²) >= 11 is 6.07. The fourth-order valence-corrected chi connectivity index (χ4v) is 2.44. The Kier molecular flexibility index (Phi) is 3.82. The molecule has 1 heterocycles. The first-order valence-electron chi connectivity index (χ1n) is 6.03. The molecule has 0 saturated heterocycles. The minimum Gasteiger partial charge on any atom is -0.308 e. The quantitative estimate of drug-likeness (QED) is 0.794. The Morgan fingerprint density at radius 2 is 2.25 bits per heavy atom. The third kappa shape index (κ3) is 3.19. The zero-order chi connectivity index (χ0) is 11.5. The smallest absolute Gasteiger partial charge is 0.133 e. The van der Waals surface area contributed by atoms with Crippen LogP contribution < -0.4 is 5.32 Å². The van der Waals surface area contributed by atoms with E-state index in [0.29, 0.717) is 11.2 Å². The van der Waals surface area contributed by atoms with E-state index < -0.39 is 0 Å². The molecule has 3 heteroatoms. The molecule has 1 fully saturated rings. The Labute approximate surface area is 102 Å². The van der Waals surface area contributed by atoms with Crippen LogP contribution in [0, 0.1) is 5.92 Å². The molecule has 2 atom stereocenters. The standard InChI is InChI=1S/C13H19ClN2/c1-9(8-11-5-6-11)16-10(2)12-4-3-7-15-13(12)14/h3-4,7,9-11,16H,5-6,8H2,1-2H3. The molecule has 1 aromatic heterocycles. The Hall–Kier alpha value is -0.600. The molecule has 2 unspecified atom stereocenters. The van der Waals surface area contributed by atoms with Gasteiger partial charge in [-0.15, -0.1) is 0 Å². The summed E-state index contributed by atoms with van der Waals surface area (Å²) in [5, 5.41) is 4.20. The molecule has 0 spiro atoms. The van der Waals surface area contributed by atoms with Crippen molar-refractivity contribution < 1.29 is 0 Å². The van der Waals surface area contributed by atoms with E-state index in [9.17, 15) is 0 Å². The van der Waals surface area contributed by atoms with Crippen molar-refractivity contribution >= 4 is 11.6 Å². The summed E-state index contributed by atoms with van der Waals surface area (Å²) < 4.78 is 0. The molecule has 1 aliphatic rings. The summed E-state index contributed by atoms with van der Waals surface area (Å²) in [5.74, 6) is 0.957. The highest BCUT2D eigenvalue weighted by Gasteiger charge is 2.24. The summed E-state index contributed by atoms with van der Waals surface area (Å²) in [4.78, 5) is 4.11. The molecule has 1 aliphatic carbocycles. The number of nitrogens with one attached hydrogen (secondary N) is 1. The lowest BCUT2D eigenvalue weighted by Crippen LogP contribution is -2.29. The number of hydrogen-bond donors (Lipinski definition) is 1. The largest absolute Gasteiger partial charge is 0.308 e. The van der Waals surface area contributed by atoms with Crippen molar-refractivity contribution in [2.45, 2.75) is 45.2 Å². The van der Waals surface area contributed by atoms with E-state index in [2.05, 4.69) is 24.1 Å². The molecule has 0 aromatic carbocycles. The van der Waals surface area contributed by atoms with Crippen LogP contribution in [0.3, 0.4) is 0 Å². The van der Waals surface area contributed by atoms with Gasteiger partial charge in [0, 0.05) is 23.8 Å². The Morgan fingerprint density at radius 1 is 1.50 bits per heavy atom. The maximum atomic E-state index is 6.07. The van der Waals surface area contributed by atoms with Gasteiger partial charge >= 0.3 is 0 Å². The maximum Gasteiger partial charge on any atom is 0.133 e. The van der Waals surface area contributed by atoms with Crippen LogP contribution >= 0.6 is 11.6 Å². The van der Waals surface area contributed by atoms with Gasteiger partial charge in [-0.2, -0.15) is 0 Å². The Morgan fingerprint density at radius 3 is 2.88 bits per heavy atom. The molecular formula is C13H19ClN2. The average Bonchev–Trinajstić information content (AvgIpc) is 3.01. The third-order valence-corrected chi connectivity index (χ3v) is 3.49. The van der Waals surface area contributed by atoms with Gasteiger partial charge < -0.3 is 5.32 Å². The van der Waals surface area contributed by atoms with Crippen molar-refractivity contribution in [3.8, 4) is 0 Å². The van der Waals surface area contributed by atoms with Crippen molar-refractivity contribution in [3.05, 3.63) is 29.0 Å². The lowest BCUT2D eigenvalue weighted by Gasteiger charge is -2.20. The predicted octanol–water partition coefficient (Wildman–Crippen LogP) is 3.57. The third-order valence-electron chi connectivity index (χ3n) is 3.17. The molecule has 0 radical (unpaired) electrons. The van der Waals surface area contributed by atoms with Gasteiger partial charge in [-0.1, -0.05) is 30.5 Å². The van der Waals surface area contributed by atoms with Gasteiger partial charge in [-0.05, 0) is 32.3 Å². The molecule has 16 heavy (non-hydrogen) atoms. The van der Waals surface area contributed by atoms with Crippen LogP contribution in [0.4, 0.5) is 0 Å². The van der Waals surface area contributed by atoms with E-state index in [-0.39, 0.29) is 6.04 Å². The molecule has 0 aliphatic heterocycles. The van der Waals surface area contributed by atoms with E-state index in [1.54, 1.807) is 6.20 Å². The van der Waals surface area contributed by atoms with E-state index in [1.165, 1.54) is 19.3 Å². The minimum absolute atomic E-state index is 0.273. The van der Waals surface area contributed by atoms with Crippen LogP contribution in [0.15, 0.2) is 18.3 Å². The number of aromatic nitrogens is 1. The van der Waals surface area contributed by atoms with Gasteiger partial charge in [-0.25, -0.2) is 4.98 Å². The zero-order valence-electron chi connectivity index (χ0n) is 9.91. The van der Waals surface area contributed by atoms with E-state index in [4.69, 9.17) is 11.6 Å². The molecular weight excluding hydrogens is 220 g/mol. The Bertz CT molecular complexity index is 350. The zero-order valence-corrected chi connectivity index (χ0v) is 10.7. The van der Waals surface area contributed by atoms with Crippen LogP contribution in [-0.2, 0) is 0 Å². The van der Waals surface area contributed by atoms with Gasteiger partial charge in [0.15, 0.2) is 0 Å². The lowest BCUT2D eigenvalue weighted by molar-refractivity contribution is 0.438. The summed E-state index contributed by atoms with van der Waals surface area (Å²) in [6.07, 6.45) is 5.83. The first-order chi connectivity index (χ1) is 7.66. The van der Waals surface area contributed by atoms with Gasteiger partial charge in [0.25, 0.3) is 0 Å². The van der Waals surface area contributed by atoms with Crippen molar-refractivity contribution in [1.82, 2.24) is 10.3 Å². The first kappa shape index (κ1) is 11.9. The number of halogens is 1. The second-order valence-corrected chi connectivity index (χ2v) is 5.21. The number of nitrogens with zero attached hydrogens (tertiary/aromatic N) is 1. The monoisotopic (exact) mass is 238 g/mol. The molecule has 2 nitrogen and oxygen atoms in total. The molecule has 1 N–H and O–H groups in total. The van der Waals surface area contributed by atoms with Crippen LogP contribution in [0.1, 0.15) is 44.7 Å². The minimum atomic E-state index is 0.273. The molecule has 1 aromatic rings. The topological polar surface area (TPSA) is 24.9 Å². The van der Waals surface area contributed by atoms with Crippen LogP contribution in [0.2, 0.25) is 5.15 Å². The van der Waals surface area contributed by atoms with E-state index in [0.717, 1.165) is 11.5 Å². The van der Waals surface area contributed by atoms with E-state index >= 15 is 0 Å². The summed E-state index contributed by atoms with van der Waals surface area (Å²) in [7, 11) is 0. The fraction of sp³-hybridized carbons (Fsp3) is 0.615. The lowest BCUT2D eigenvalue weighted by atomic mass is 10.1. The summed E-state index contributed by atoms with van der Waals surface area (Å²) in [5.41, 5.74) is 1.09. The molecule has 88 valence electrons. The van der Waals surface area contributed by atoms with Crippen LogP contribution in [-0.4, -0.2) is 11.0 Å². The van der Waals surface area contributed by atoms with Crippen molar-refractivity contribution in [2.75, 3.05) is 0 Å². The van der Waals surface area contributed by atoms with Gasteiger partial charge in [0.1, 0.15) is 5.15 Å². The normalized spacial score (nSPS) is 19.4. The second-order valence-electron chi connectivity index (χ2n) is 4.85. The highest BCUT2D eigenvalue weighted by atomic mass is 35.5. The van der Waals surface area contributed by atoms with Gasteiger partial charge in [-0.3, -0.25) is 0 Å². The predicted molar refractivity (Wildman–Crippen MR) is 67.6 cm³/mol. The molecule has 0 amide bonds. The molecule has 1 saturated carbocycles.